The Morgan fingerprint density at radius 3 is 2.81 bits per heavy atom. The predicted molar refractivity (Wildman–Crippen MR) is 59.9 cm³/mol. The highest BCUT2D eigenvalue weighted by molar-refractivity contribution is 5.40. The highest BCUT2D eigenvalue weighted by Crippen LogP contribution is 2.21. The molecule has 1 N–H and O–H groups in total. The van der Waals surface area contributed by atoms with Crippen LogP contribution < -0.4 is 5.32 Å². The Kier molecular flexibility index (Phi) is 4.37. The first-order valence-corrected chi connectivity index (χ1v) is 5.20. The first-order valence-electron chi connectivity index (χ1n) is 5.20. The lowest BCUT2D eigenvalue weighted by Gasteiger charge is -2.12. The van der Waals surface area contributed by atoms with Gasteiger partial charge in [0, 0.05) is 11.6 Å². The first kappa shape index (κ1) is 12.6. The Hall–Kier alpha value is -1.49. The molecule has 0 saturated carbocycles. The van der Waals surface area contributed by atoms with E-state index in [1.807, 2.05) is 13.8 Å². The van der Waals surface area contributed by atoms with Crippen LogP contribution >= 0.6 is 0 Å². The number of halogens is 1. The van der Waals surface area contributed by atoms with Crippen molar-refractivity contribution in [3.63, 3.8) is 0 Å². The second-order valence-corrected chi connectivity index (χ2v) is 3.69. The van der Waals surface area contributed by atoms with Crippen LogP contribution in [0.5, 0.6) is 0 Å². The monoisotopic (exact) mass is 226 g/mol. The average molecular weight is 226 g/mol. The highest BCUT2D eigenvalue weighted by atomic mass is 19.1. The van der Waals surface area contributed by atoms with E-state index in [1.165, 1.54) is 12.1 Å². The van der Waals surface area contributed by atoms with Crippen molar-refractivity contribution in [1.29, 1.82) is 0 Å². The molecule has 16 heavy (non-hydrogen) atoms. The molecule has 0 aromatic heterocycles. The molecule has 0 radical (unpaired) electrons. The number of hydrogen-bond donors (Lipinski definition) is 1. The summed E-state index contributed by atoms with van der Waals surface area (Å²) >= 11 is 0. The van der Waals surface area contributed by atoms with E-state index in [0.29, 0.717) is 12.0 Å². The smallest absolute Gasteiger partial charge is 0.275 e. The Morgan fingerprint density at radius 1 is 1.56 bits per heavy atom. The van der Waals surface area contributed by atoms with E-state index in [9.17, 15) is 14.5 Å². The fraction of sp³-hybridized carbons (Fsp3) is 0.455. The van der Waals surface area contributed by atoms with E-state index >= 15 is 0 Å². The zero-order valence-corrected chi connectivity index (χ0v) is 9.37. The molecule has 1 unspecified atom stereocenters. The SMILES string of the molecule is CCNC(C)Cc1ccc(F)cc1[N+](=O)[O-]. The molecule has 0 aliphatic carbocycles. The number of likely N-dealkylation sites (N-methyl/N-ethyl adjacent to an activating group) is 1. The first-order chi connectivity index (χ1) is 7.54. The van der Waals surface area contributed by atoms with Crippen LogP contribution in [0.1, 0.15) is 19.4 Å². The van der Waals surface area contributed by atoms with Crippen LogP contribution in [0.2, 0.25) is 0 Å². The molecule has 0 saturated heterocycles. The van der Waals surface area contributed by atoms with Gasteiger partial charge in [-0.1, -0.05) is 6.92 Å². The normalized spacial score (nSPS) is 12.4. The average Bonchev–Trinajstić information content (AvgIpc) is 2.20. The molecule has 0 heterocycles. The third-order valence-corrected chi connectivity index (χ3v) is 2.32. The topological polar surface area (TPSA) is 55.2 Å². The van der Waals surface area contributed by atoms with E-state index in [0.717, 1.165) is 12.6 Å². The second kappa shape index (κ2) is 5.55. The van der Waals surface area contributed by atoms with Gasteiger partial charge in [-0.15, -0.1) is 0 Å². The minimum absolute atomic E-state index is 0.133. The van der Waals surface area contributed by atoms with Gasteiger partial charge in [-0.05, 0) is 32.0 Å². The van der Waals surface area contributed by atoms with Gasteiger partial charge in [0.05, 0.1) is 11.0 Å². The number of benzene rings is 1. The van der Waals surface area contributed by atoms with E-state index in [-0.39, 0.29) is 11.7 Å². The molecule has 0 aliphatic heterocycles. The standard InChI is InChI=1S/C11H15FN2O2/c1-3-13-8(2)6-9-4-5-10(12)7-11(9)14(15)16/h4-5,7-8,13H,3,6H2,1-2H3. The maximum Gasteiger partial charge on any atom is 0.275 e. The lowest BCUT2D eigenvalue weighted by atomic mass is 10.1. The van der Waals surface area contributed by atoms with Gasteiger partial charge in [-0.3, -0.25) is 10.1 Å². The van der Waals surface area contributed by atoms with Crippen molar-refractivity contribution in [3.05, 3.63) is 39.7 Å². The van der Waals surface area contributed by atoms with Gasteiger partial charge in [0.25, 0.3) is 5.69 Å². The number of nitro benzene ring substituents is 1. The largest absolute Gasteiger partial charge is 0.314 e. The zero-order valence-electron chi connectivity index (χ0n) is 9.37. The fourth-order valence-electron chi connectivity index (χ4n) is 1.63. The Labute approximate surface area is 93.6 Å². The van der Waals surface area contributed by atoms with Crippen molar-refractivity contribution in [2.45, 2.75) is 26.3 Å². The third-order valence-electron chi connectivity index (χ3n) is 2.32. The summed E-state index contributed by atoms with van der Waals surface area (Å²) in [6.07, 6.45) is 0.518. The maximum absolute atomic E-state index is 12.9. The number of nitro groups is 1. The van der Waals surface area contributed by atoms with Gasteiger partial charge in [0.2, 0.25) is 0 Å². The summed E-state index contributed by atoms with van der Waals surface area (Å²) in [6, 6.07) is 3.82. The second-order valence-electron chi connectivity index (χ2n) is 3.69. The van der Waals surface area contributed by atoms with Crippen molar-refractivity contribution in [2.75, 3.05) is 6.54 Å². The van der Waals surface area contributed by atoms with E-state index < -0.39 is 10.7 Å². The minimum Gasteiger partial charge on any atom is -0.314 e. The summed E-state index contributed by atoms with van der Waals surface area (Å²) in [6.45, 7) is 4.71. The lowest BCUT2D eigenvalue weighted by molar-refractivity contribution is -0.385. The Balaban J connectivity index is 2.90. The minimum atomic E-state index is -0.577. The molecule has 88 valence electrons. The van der Waals surface area contributed by atoms with Crippen molar-refractivity contribution >= 4 is 5.69 Å². The lowest BCUT2D eigenvalue weighted by Crippen LogP contribution is -2.27. The molecule has 0 amide bonds. The maximum atomic E-state index is 12.9. The fourth-order valence-corrected chi connectivity index (χ4v) is 1.63. The van der Waals surface area contributed by atoms with Crippen LogP contribution in [-0.2, 0) is 6.42 Å². The summed E-state index contributed by atoms with van der Waals surface area (Å²) in [5, 5.41) is 13.9. The van der Waals surface area contributed by atoms with Crippen molar-refractivity contribution in [1.82, 2.24) is 5.32 Å². The van der Waals surface area contributed by atoms with Crippen LogP contribution in [0.25, 0.3) is 0 Å². The Bertz CT molecular complexity index is 382. The van der Waals surface area contributed by atoms with Gasteiger partial charge < -0.3 is 5.32 Å². The van der Waals surface area contributed by atoms with Crippen LogP contribution in [0.15, 0.2) is 18.2 Å². The number of rotatable bonds is 5. The van der Waals surface area contributed by atoms with Gasteiger partial charge in [0.15, 0.2) is 0 Å². The highest BCUT2D eigenvalue weighted by Gasteiger charge is 2.16. The number of hydrogen-bond acceptors (Lipinski definition) is 3. The zero-order chi connectivity index (χ0) is 12.1. The number of nitrogens with zero attached hydrogens (tertiary/aromatic N) is 1. The van der Waals surface area contributed by atoms with Crippen LogP contribution in [0, 0.1) is 15.9 Å². The third kappa shape index (κ3) is 3.27. The summed E-state index contributed by atoms with van der Waals surface area (Å²) in [5.41, 5.74) is 0.407. The van der Waals surface area contributed by atoms with E-state index in [4.69, 9.17) is 0 Å². The summed E-state index contributed by atoms with van der Waals surface area (Å²) in [4.78, 5) is 10.2. The van der Waals surface area contributed by atoms with Crippen molar-refractivity contribution in [3.8, 4) is 0 Å². The molecular formula is C11H15FN2O2. The summed E-state index contributed by atoms with van der Waals surface area (Å²) in [7, 11) is 0. The van der Waals surface area contributed by atoms with Gasteiger partial charge in [0.1, 0.15) is 5.82 Å². The van der Waals surface area contributed by atoms with Crippen LogP contribution in [0.3, 0.4) is 0 Å². The van der Waals surface area contributed by atoms with E-state index in [2.05, 4.69) is 5.32 Å². The van der Waals surface area contributed by atoms with Gasteiger partial charge >= 0.3 is 0 Å². The van der Waals surface area contributed by atoms with E-state index in [1.54, 1.807) is 0 Å². The van der Waals surface area contributed by atoms with Crippen molar-refractivity contribution in [2.24, 2.45) is 0 Å². The molecule has 4 nitrogen and oxygen atoms in total. The molecule has 5 heteroatoms. The van der Waals surface area contributed by atoms with Crippen LogP contribution in [0.4, 0.5) is 10.1 Å². The van der Waals surface area contributed by atoms with Crippen LogP contribution in [-0.4, -0.2) is 17.5 Å². The molecule has 1 aromatic rings. The summed E-state index contributed by atoms with van der Waals surface area (Å²) < 4.78 is 12.9. The molecule has 1 rings (SSSR count). The molecular weight excluding hydrogens is 211 g/mol. The predicted octanol–water partition coefficient (Wildman–Crippen LogP) is 2.27. The van der Waals surface area contributed by atoms with Gasteiger partial charge in [-0.2, -0.15) is 0 Å². The Morgan fingerprint density at radius 2 is 2.25 bits per heavy atom. The quantitative estimate of drug-likeness (QED) is 0.619. The molecule has 1 atom stereocenters. The summed E-state index contributed by atoms with van der Waals surface area (Å²) in [5.74, 6) is -0.577. The molecule has 0 bridgehead atoms. The number of nitrogens with one attached hydrogen (secondary N) is 1. The molecule has 0 fully saturated rings. The van der Waals surface area contributed by atoms with Crippen molar-refractivity contribution < 1.29 is 9.31 Å². The molecule has 0 aliphatic rings. The van der Waals surface area contributed by atoms with Gasteiger partial charge in [-0.25, -0.2) is 4.39 Å². The molecule has 1 aromatic carbocycles. The molecule has 0 spiro atoms.